The van der Waals surface area contributed by atoms with Crippen LogP contribution in [0.1, 0.15) is 21.0 Å². The number of amides is 1. The minimum Gasteiger partial charge on any atom is -0.451 e. The van der Waals surface area contributed by atoms with E-state index in [1.54, 1.807) is 17.4 Å². The molecule has 0 unspecified atom stereocenters. The summed E-state index contributed by atoms with van der Waals surface area (Å²) in [5.74, 6) is 0.150. The van der Waals surface area contributed by atoms with Gasteiger partial charge in [0.1, 0.15) is 5.58 Å². The van der Waals surface area contributed by atoms with Crippen molar-refractivity contribution in [3.63, 3.8) is 0 Å². The van der Waals surface area contributed by atoms with Crippen molar-refractivity contribution < 1.29 is 9.21 Å². The van der Waals surface area contributed by atoms with E-state index in [0.29, 0.717) is 12.3 Å². The molecule has 3 aromatic rings. The Bertz CT molecular complexity index is 775. The molecule has 3 nitrogen and oxygen atoms in total. The molecule has 0 fully saturated rings. The summed E-state index contributed by atoms with van der Waals surface area (Å²) < 4.78 is 6.58. The normalized spacial score (nSPS) is 10.9. The lowest BCUT2D eigenvalue weighted by atomic mass is 10.2. The van der Waals surface area contributed by atoms with Gasteiger partial charge < -0.3 is 9.73 Å². The first-order valence-corrected chi connectivity index (χ1v) is 7.81. The van der Waals surface area contributed by atoms with Crippen LogP contribution in [0.5, 0.6) is 0 Å². The van der Waals surface area contributed by atoms with Crippen LogP contribution in [-0.4, -0.2) is 5.91 Å². The van der Waals surface area contributed by atoms with Crippen LogP contribution in [0.2, 0.25) is 0 Å². The van der Waals surface area contributed by atoms with Crippen LogP contribution in [0.4, 0.5) is 0 Å². The maximum Gasteiger partial charge on any atom is 0.287 e. The Balaban J connectivity index is 1.77. The van der Waals surface area contributed by atoms with Gasteiger partial charge in [-0.2, -0.15) is 0 Å². The van der Waals surface area contributed by atoms with E-state index in [0.717, 1.165) is 25.9 Å². The van der Waals surface area contributed by atoms with E-state index < -0.39 is 0 Å². The summed E-state index contributed by atoms with van der Waals surface area (Å²) in [6.07, 6.45) is 0. The lowest BCUT2D eigenvalue weighted by molar-refractivity contribution is 0.0925. The van der Waals surface area contributed by atoms with Gasteiger partial charge in [0, 0.05) is 14.7 Å². The molecule has 0 aliphatic carbocycles. The van der Waals surface area contributed by atoms with Gasteiger partial charge in [-0.3, -0.25) is 4.79 Å². The van der Waals surface area contributed by atoms with E-state index in [1.807, 2.05) is 36.6 Å². The Morgan fingerprint density at radius 1 is 1.35 bits per heavy atom. The monoisotopic (exact) mass is 349 g/mol. The number of carbonyl (C=O) groups excluding carboxylic acids is 1. The van der Waals surface area contributed by atoms with Crippen molar-refractivity contribution in [2.75, 3.05) is 0 Å². The molecule has 1 amide bonds. The fourth-order valence-electron chi connectivity index (χ4n) is 1.97. The number of halogens is 1. The van der Waals surface area contributed by atoms with E-state index in [9.17, 15) is 4.79 Å². The van der Waals surface area contributed by atoms with Gasteiger partial charge in [0.05, 0.1) is 6.54 Å². The number of benzene rings is 1. The second-order valence-corrected chi connectivity index (χ2v) is 6.38. The summed E-state index contributed by atoms with van der Waals surface area (Å²) in [6.45, 7) is 2.51. The van der Waals surface area contributed by atoms with E-state index in [4.69, 9.17) is 4.42 Å². The van der Waals surface area contributed by atoms with Crippen LogP contribution in [0.25, 0.3) is 11.0 Å². The molecule has 0 bridgehead atoms. The van der Waals surface area contributed by atoms with Crippen LogP contribution < -0.4 is 5.32 Å². The number of rotatable bonds is 3. The second-order valence-electron chi connectivity index (χ2n) is 4.53. The summed E-state index contributed by atoms with van der Waals surface area (Å²) in [5.41, 5.74) is 1.88. The molecule has 1 N–H and O–H groups in total. The highest BCUT2D eigenvalue weighted by Crippen LogP contribution is 2.23. The Kier molecular flexibility index (Phi) is 3.63. The van der Waals surface area contributed by atoms with Gasteiger partial charge in [-0.25, -0.2) is 0 Å². The SMILES string of the molecule is Cc1ccc2oc(C(=O)NCc3sccc3Br)cc2c1. The fourth-order valence-corrected chi connectivity index (χ4v) is 3.41. The molecule has 0 spiro atoms. The van der Waals surface area contributed by atoms with Crippen molar-refractivity contribution in [3.8, 4) is 0 Å². The number of hydrogen-bond acceptors (Lipinski definition) is 3. The molecular formula is C15H12BrNO2S. The number of hydrogen-bond donors (Lipinski definition) is 1. The first-order valence-electron chi connectivity index (χ1n) is 6.14. The Morgan fingerprint density at radius 2 is 2.20 bits per heavy atom. The van der Waals surface area contributed by atoms with Gasteiger partial charge >= 0.3 is 0 Å². The lowest BCUT2D eigenvalue weighted by Gasteiger charge is -2.01. The number of nitrogens with one attached hydrogen (secondary N) is 1. The number of carbonyl (C=O) groups is 1. The second kappa shape index (κ2) is 5.42. The lowest BCUT2D eigenvalue weighted by Crippen LogP contribution is -2.21. The molecular weight excluding hydrogens is 338 g/mol. The van der Waals surface area contributed by atoms with E-state index in [2.05, 4.69) is 21.2 Å². The third-order valence-electron chi connectivity index (χ3n) is 3.00. The molecule has 0 aliphatic heterocycles. The Labute approximate surface area is 128 Å². The van der Waals surface area contributed by atoms with Crippen LogP contribution >= 0.6 is 27.3 Å². The molecule has 3 rings (SSSR count). The highest BCUT2D eigenvalue weighted by Gasteiger charge is 2.12. The summed E-state index contributed by atoms with van der Waals surface area (Å²) in [4.78, 5) is 13.2. The molecule has 0 aliphatic rings. The summed E-state index contributed by atoms with van der Waals surface area (Å²) in [6, 6.07) is 9.61. The van der Waals surface area contributed by atoms with Crippen molar-refractivity contribution in [3.05, 3.63) is 56.4 Å². The van der Waals surface area contributed by atoms with Gasteiger partial charge in [-0.1, -0.05) is 11.6 Å². The number of furan rings is 1. The summed E-state index contributed by atoms with van der Waals surface area (Å²) in [5, 5.41) is 5.80. The molecule has 0 saturated heterocycles. The van der Waals surface area contributed by atoms with E-state index >= 15 is 0 Å². The van der Waals surface area contributed by atoms with Crippen molar-refractivity contribution in [2.45, 2.75) is 13.5 Å². The fraction of sp³-hybridized carbons (Fsp3) is 0.133. The van der Waals surface area contributed by atoms with Crippen molar-refractivity contribution in [1.29, 1.82) is 0 Å². The minimum atomic E-state index is -0.195. The molecule has 2 aromatic heterocycles. The number of aryl methyl sites for hydroxylation is 1. The molecule has 2 heterocycles. The third kappa shape index (κ3) is 2.64. The average Bonchev–Trinajstić information content (AvgIpc) is 3.01. The highest BCUT2D eigenvalue weighted by molar-refractivity contribution is 9.10. The zero-order chi connectivity index (χ0) is 14.1. The predicted octanol–water partition coefficient (Wildman–Crippen LogP) is 4.50. The molecule has 0 saturated carbocycles. The predicted molar refractivity (Wildman–Crippen MR) is 84.1 cm³/mol. The van der Waals surface area contributed by atoms with Crippen molar-refractivity contribution >= 4 is 44.1 Å². The molecule has 5 heteroatoms. The average molecular weight is 350 g/mol. The quantitative estimate of drug-likeness (QED) is 0.756. The third-order valence-corrected chi connectivity index (χ3v) is 4.92. The number of fused-ring (bicyclic) bond motifs is 1. The largest absolute Gasteiger partial charge is 0.451 e. The van der Waals surface area contributed by atoms with Crippen LogP contribution in [-0.2, 0) is 6.54 Å². The Hall–Kier alpha value is -1.59. The van der Waals surface area contributed by atoms with Crippen LogP contribution in [0, 0.1) is 6.92 Å². The topological polar surface area (TPSA) is 42.2 Å². The maximum atomic E-state index is 12.1. The van der Waals surface area contributed by atoms with Crippen LogP contribution in [0.3, 0.4) is 0 Å². The van der Waals surface area contributed by atoms with Gasteiger partial charge in [-0.15, -0.1) is 11.3 Å². The molecule has 0 radical (unpaired) electrons. The molecule has 102 valence electrons. The minimum absolute atomic E-state index is 0.195. The summed E-state index contributed by atoms with van der Waals surface area (Å²) in [7, 11) is 0. The standard InChI is InChI=1S/C15H12BrNO2S/c1-9-2-3-12-10(6-9)7-13(19-12)15(18)17-8-14-11(16)4-5-20-14/h2-7H,8H2,1H3,(H,17,18). The first kappa shape index (κ1) is 13.4. The van der Waals surface area contributed by atoms with E-state index in [1.165, 1.54) is 0 Å². The zero-order valence-corrected chi connectivity index (χ0v) is 13.2. The van der Waals surface area contributed by atoms with Gasteiger partial charge in [-0.05, 0) is 52.5 Å². The smallest absolute Gasteiger partial charge is 0.287 e. The molecule has 1 aromatic carbocycles. The Morgan fingerprint density at radius 3 is 2.95 bits per heavy atom. The summed E-state index contributed by atoms with van der Waals surface area (Å²) >= 11 is 5.05. The maximum absolute atomic E-state index is 12.1. The molecule has 20 heavy (non-hydrogen) atoms. The van der Waals surface area contributed by atoms with E-state index in [-0.39, 0.29) is 5.91 Å². The number of thiophene rings is 1. The van der Waals surface area contributed by atoms with Gasteiger partial charge in [0.25, 0.3) is 5.91 Å². The first-order chi connectivity index (χ1) is 9.63. The van der Waals surface area contributed by atoms with Gasteiger partial charge in [0.15, 0.2) is 5.76 Å². The van der Waals surface area contributed by atoms with Crippen LogP contribution in [0.15, 0.2) is 44.6 Å². The molecule has 0 atom stereocenters. The van der Waals surface area contributed by atoms with Gasteiger partial charge in [0.2, 0.25) is 0 Å². The highest BCUT2D eigenvalue weighted by atomic mass is 79.9. The van der Waals surface area contributed by atoms with Crippen molar-refractivity contribution in [2.24, 2.45) is 0 Å². The zero-order valence-electron chi connectivity index (χ0n) is 10.8. The van der Waals surface area contributed by atoms with Crippen molar-refractivity contribution in [1.82, 2.24) is 5.32 Å².